The molecule has 0 aromatic heterocycles. The summed E-state index contributed by atoms with van der Waals surface area (Å²) in [6, 6.07) is 13.4. The molecule has 0 spiro atoms. The van der Waals surface area contributed by atoms with Crippen molar-refractivity contribution in [2.45, 2.75) is 5.38 Å². The van der Waals surface area contributed by atoms with Crippen LogP contribution < -0.4 is 4.74 Å². The van der Waals surface area contributed by atoms with Gasteiger partial charge in [-0.25, -0.2) is 0 Å². The van der Waals surface area contributed by atoms with Crippen molar-refractivity contribution in [1.82, 2.24) is 0 Å². The van der Waals surface area contributed by atoms with Gasteiger partial charge in [0.05, 0.1) is 17.5 Å². The minimum Gasteiger partial charge on any atom is -0.497 e. The molecule has 1 unspecified atom stereocenters. The molecule has 0 aliphatic carbocycles. The van der Waals surface area contributed by atoms with Crippen LogP contribution >= 0.6 is 39.1 Å². The van der Waals surface area contributed by atoms with Crippen molar-refractivity contribution in [2.75, 3.05) is 7.11 Å². The second kappa shape index (κ2) is 5.96. The minimum atomic E-state index is -0.277. The maximum absolute atomic E-state index is 6.46. The van der Waals surface area contributed by atoms with E-state index in [0.29, 0.717) is 5.02 Å². The number of ether oxygens (including phenoxy) is 1. The van der Waals surface area contributed by atoms with E-state index in [1.165, 1.54) is 0 Å². The zero-order chi connectivity index (χ0) is 13.1. The van der Waals surface area contributed by atoms with Crippen molar-refractivity contribution in [3.63, 3.8) is 0 Å². The van der Waals surface area contributed by atoms with Gasteiger partial charge in [-0.3, -0.25) is 0 Å². The Morgan fingerprint density at radius 3 is 2.39 bits per heavy atom. The van der Waals surface area contributed by atoms with Crippen LogP contribution in [0.3, 0.4) is 0 Å². The number of hydrogen-bond acceptors (Lipinski definition) is 1. The molecule has 0 saturated carbocycles. The lowest BCUT2D eigenvalue weighted by Gasteiger charge is -2.13. The van der Waals surface area contributed by atoms with Crippen LogP contribution in [-0.4, -0.2) is 7.11 Å². The summed E-state index contributed by atoms with van der Waals surface area (Å²) in [6.07, 6.45) is 0. The molecule has 1 nitrogen and oxygen atoms in total. The van der Waals surface area contributed by atoms with Crippen molar-refractivity contribution in [2.24, 2.45) is 0 Å². The Bertz CT molecular complexity index is 540. The Morgan fingerprint density at radius 1 is 1.11 bits per heavy atom. The van der Waals surface area contributed by atoms with Crippen molar-refractivity contribution < 1.29 is 4.74 Å². The normalized spacial score (nSPS) is 12.2. The fourth-order valence-electron chi connectivity index (χ4n) is 1.67. The summed E-state index contributed by atoms with van der Waals surface area (Å²) in [6.45, 7) is 0. The van der Waals surface area contributed by atoms with E-state index in [1.54, 1.807) is 7.11 Å². The number of methoxy groups -OCH3 is 1. The van der Waals surface area contributed by atoms with Gasteiger partial charge in [0.15, 0.2) is 0 Å². The van der Waals surface area contributed by atoms with Crippen molar-refractivity contribution in [3.8, 4) is 5.75 Å². The van der Waals surface area contributed by atoms with Crippen LogP contribution in [0.1, 0.15) is 16.5 Å². The summed E-state index contributed by atoms with van der Waals surface area (Å²) in [7, 11) is 1.64. The van der Waals surface area contributed by atoms with Gasteiger partial charge in [-0.05, 0) is 45.3 Å². The van der Waals surface area contributed by atoms with E-state index in [9.17, 15) is 0 Å². The van der Waals surface area contributed by atoms with Gasteiger partial charge in [-0.1, -0.05) is 35.9 Å². The number of hydrogen-bond donors (Lipinski definition) is 0. The summed E-state index contributed by atoms with van der Waals surface area (Å²) in [5.41, 5.74) is 1.87. The fraction of sp³-hybridized carbons (Fsp3) is 0.143. The molecular formula is C14H11BrCl2O. The molecule has 18 heavy (non-hydrogen) atoms. The van der Waals surface area contributed by atoms with Crippen LogP contribution in [0.5, 0.6) is 5.75 Å². The predicted molar refractivity (Wildman–Crippen MR) is 79.8 cm³/mol. The third-order valence-corrected chi connectivity index (χ3v) is 4.46. The molecule has 0 radical (unpaired) electrons. The van der Waals surface area contributed by atoms with Gasteiger partial charge in [0, 0.05) is 4.47 Å². The van der Waals surface area contributed by atoms with Gasteiger partial charge in [0.25, 0.3) is 0 Å². The first-order valence-electron chi connectivity index (χ1n) is 5.35. The SMILES string of the molecule is COc1ccc(C(Cl)c2cccc(Br)c2Cl)cc1. The van der Waals surface area contributed by atoms with Crippen LogP contribution in [0, 0.1) is 0 Å². The van der Waals surface area contributed by atoms with Crippen molar-refractivity contribution in [1.29, 1.82) is 0 Å². The van der Waals surface area contributed by atoms with Crippen LogP contribution in [0.4, 0.5) is 0 Å². The third kappa shape index (κ3) is 2.82. The summed E-state index contributed by atoms with van der Waals surface area (Å²) in [5.74, 6) is 0.808. The first-order valence-corrected chi connectivity index (χ1v) is 6.96. The molecule has 0 bridgehead atoms. The van der Waals surface area contributed by atoms with Crippen LogP contribution in [0.25, 0.3) is 0 Å². The Balaban J connectivity index is 2.35. The Morgan fingerprint density at radius 2 is 1.78 bits per heavy atom. The molecule has 0 fully saturated rings. The van der Waals surface area contributed by atoms with E-state index in [-0.39, 0.29) is 5.38 Å². The molecule has 1 atom stereocenters. The zero-order valence-corrected chi connectivity index (χ0v) is 12.8. The smallest absolute Gasteiger partial charge is 0.118 e. The number of benzene rings is 2. The summed E-state index contributed by atoms with van der Waals surface area (Å²) < 4.78 is 5.97. The third-order valence-electron chi connectivity index (χ3n) is 2.66. The van der Waals surface area contributed by atoms with Crippen LogP contribution in [-0.2, 0) is 0 Å². The van der Waals surface area contributed by atoms with Crippen molar-refractivity contribution in [3.05, 3.63) is 63.1 Å². The van der Waals surface area contributed by atoms with E-state index < -0.39 is 0 Å². The molecule has 0 aliphatic heterocycles. The topological polar surface area (TPSA) is 9.23 Å². The largest absolute Gasteiger partial charge is 0.497 e. The second-order valence-electron chi connectivity index (χ2n) is 3.78. The molecule has 2 aromatic rings. The number of halogens is 3. The van der Waals surface area contributed by atoms with E-state index in [1.807, 2.05) is 42.5 Å². The molecule has 0 heterocycles. The van der Waals surface area contributed by atoms with E-state index in [0.717, 1.165) is 21.3 Å². The summed E-state index contributed by atoms with van der Waals surface area (Å²) in [5, 5.41) is 0.370. The first-order chi connectivity index (χ1) is 8.63. The lowest BCUT2D eigenvalue weighted by molar-refractivity contribution is 0.414. The molecule has 0 N–H and O–H groups in total. The highest BCUT2D eigenvalue weighted by Crippen LogP contribution is 2.37. The lowest BCUT2D eigenvalue weighted by Crippen LogP contribution is -1.95. The highest BCUT2D eigenvalue weighted by molar-refractivity contribution is 9.10. The van der Waals surface area contributed by atoms with Gasteiger partial charge < -0.3 is 4.74 Å². The number of alkyl halides is 1. The molecule has 0 amide bonds. The average Bonchev–Trinajstić information content (AvgIpc) is 2.41. The summed E-state index contributed by atoms with van der Waals surface area (Å²) >= 11 is 16.1. The molecule has 2 rings (SSSR count). The Labute approximate surface area is 125 Å². The van der Waals surface area contributed by atoms with Crippen LogP contribution in [0.15, 0.2) is 46.9 Å². The highest BCUT2D eigenvalue weighted by Gasteiger charge is 2.15. The highest BCUT2D eigenvalue weighted by atomic mass is 79.9. The minimum absolute atomic E-state index is 0.277. The van der Waals surface area contributed by atoms with Gasteiger partial charge in [-0.2, -0.15) is 0 Å². The van der Waals surface area contributed by atoms with Crippen molar-refractivity contribution >= 4 is 39.1 Å². The maximum Gasteiger partial charge on any atom is 0.118 e. The van der Waals surface area contributed by atoms with E-state index in [4.69, 9.17) is 27.9 Å². The monoisotopic (exact) mass is 344 g/mol. The average molecular weight is 346 g/mol. The van der Waals surface area contributed by atoms with Gasteiger partial charge in [0.1, 0.15) is 5.75 Å². The van der Waals surface area contributed by atoms with Crippen LogP contribution in [0.2, 0.25) is 5.02 Å². The molecular weight excluding hydrogens is 335 g/mol. The number of rotatable bonds is 3. The first kappa shape index (κ1) is 13.7. The molecule has 0 saturated heterocycles. The Kier molecular flexibility index (Phi) is 4.55. The molecule has 2 aromatic carbocycles. The van der Waals surface area contributed by atoms with E-state index in [2.05, 4.69) is 15.9 Å². The molecule has 4 heteroatoms. The lowest BCUT2D eigenvalue weighted by atomic mass is 10.0. The Hall–Kier alpha value is -0.700. The quantitative estimate of drug-likeness (QED) is 0.673. The fourth-order valence-corrected chi connectivity index (χ4v) is 2.67. The maximum atomic E-state index is 6.46. The second-order valence-corrected chi connectivity index (χ2v) is 5.45. The van der Waals surface area contributed by atoms with E-state index >= 15 is 0 Å². The standard InChI is InChI=1S/C14H11BrCl2O/c1-18-10-7-5-9(6-8-10)13(16)11-3-2-4-12(15)14(11)17/h2-8,13H,1H3. The molecule has 0 aliphatic rings. The van der Waals surface area contributed by atoms with Gasteiger partial charge in [-0.15, -0.1) is 11.6 Å². The summed E-state index contributed by atoms with van der Waals surface area (Å²) in [4.78, 5) is 0. The predicted octanol–water partition coefficient (Wildman–Crippen LogP) is 5.44. The zero-order valence-electron chi connectivity index (χ0n) is 9.66. The molecule has 94 valence electrons. The van der Waals surface area contributed by atoms with Gasteiger partial charge >= 0.3 is 0 Å². The van der Waals surface area contributed by atoms with Gasteiger partial charge in [0.2, 0.25) is 0 Å².